The van der Waals surface area contributed by atoms with E-state index in [1.165, 1.54) is 38.5 Å². The lowest BCUT2D eigenvalue weighted by atomic mass is 9.49. The van der Waals surface area contributed by atoms with Crippen LogP contribution < -0.4 is 5.32 Å². The summed E-state index contributed by atoms with van der Waals surface area (Å²) in [6.07, 6.45) is 11.6. The van der Waals surface area contributed by atoms with Crippen molar-refractivity contribution in [1.29, 1.82) is 5.26 Å². The normalized spacial score (nSPS) is 31.0. The first-order chi connectivity index (χ1) is 13.1. The van der Waals surface area contributed by atoms with Crippen LogP contribution in [0, 0.1) is 41.4 Å². The summed E-state index contributed by atoms with van der Waals surface area (Å²) in [7, 11) is 0. The number of hydrogen-bond donors (Lipinski definition) is 1. The summed E-state index contributed by atoms with van der Waals surface area (Å²) in [5.74, 6) is 3.32. The number of rotatable bonds is 4. The molecule has 4 aliphatic rings. The summed E-state index contributed by atoms with van der Waals surface area (Å²) in [6.45, 7) is 2.48. The number of hydrogen-bond acceptors (Lipinski definition) is 3. The molecular weight excluding hydrogens is 338 g/mol. The molecule has 140 valence electrons. The van der Waals surface area contributed by atoms with Crippen LogP contribution in [0.4, 0.5) is 0 Å². The number of nitrogens with one attached hydrogen (secondary N) is 1. The molecule has 4 bridgehead atoms. The Morgan fingerprint density at radius 1 is 1.22 bits per heavy atom. The molecule has 0 spiro atoms. The Kier molecular flexibility index (Phi) is 3.72. The molecule has 0 aromatic carbocycles. The van der Waals surface area contributed by atoms with E-state index in [1.54, 1.807) is 11.5 Å². The molecule has 0 radical (unpaired) electrons. The van der Waals surface area contributed by atoms with E-state index in [0.29, 0.717) is 22.8 Å². The van der Waals surface area contributed by atoms with Gasteiger partial charge in [0.25, 0.3) is 5.91 Å². The zero-order valence-corrected chi connectivity index (χ0v) is 15.7. The van der Waals surface area contributed by atoms with Gasteiger partial charge in [-0.15, -0.1) is 0 Å². The van der Waals surface area contributed by atoms with Gasteiger partial charge in [-0.2, -0.15) is 5.26 Å². The lowest BCUT2D eigenvalue weighted by Crippen LogP contribution is -2.51. The van der Waals surface area contributed by atoms with Crippen molar-refractivity contribution in [3.63, 3.8) is 0 Å². The monoisotopic (exact) mass is 363 g/mol. The fraction of sp³-hybridized carbons (Fsp3) is 0.545. The summed E-state index contributed by atoms with van der Waals surface area (Å²) >= 11 is 0. The van der Waals surface area contributed by atoms with Crippen molar-refractivity contribution in [3.8, 4) is 12.0 Å². The van der Waals surface area contributed by atoms with Gasteiger partial charge < -0.3 is 9.73 Å². The third-order valence-electron chi connectivity index (χ3n) is 7.03. The molecule has 2 aromatic heterocycles. The number of aromatic nitrogens is 1. The van der Waals surface area contributed by atoms with Gasteiger partial charge in [0, 0.05) is 18.9 Å². The van der Waals surface area contributed by atoms with Crippen LogP contribution in [0.5, 0.6) is 0 Å². The number of nitrogens with zero attached hydrogens (tertiary/aromatic N) is 2. The Balaban J connectivity index is 1.37. The molecular formula is C22H25N3O2. The Bertz CT molecular complexity index is 881. The molecule has 4 fully saturated rings. The Morgan fingerprint density at radius 2 is 1.81 bits per heavy atom. The van der Waals surface area contributed by atoms with Gasteiger partial charge >= 0.3 is 0 Å². The van der Waals surface area contributed by atoms with E-state index in [-0.39, 0.29) is 11.3 Å². The quantitative estimate of drug-likeness (QED) is 0.885. The van der Waals surface area contributed by atoms with Crippen LogP contribution in [0.25, 0.3) is 5.88 Å². The van der Waals surface area contributed by atoms with Gasteiger partial charge in [-0.1, -0.05) is 0 Å². The molecule has 4 aliphatic carbocycles. The first-order valence-electron chi connectivity index (χ1n) is 10.0. The molecule has 4 saturated carbocycles. The topological polar surface area (TPSA) is 71.0 Å². The summed E-state index contributed by atoms with van der Waals surface area (Å²) in [4.78, 5) is 13.0. The van der Waals surface area contributed by atoms with Gasteiger partial charge in [0.05, 0.1) is 0 Å². The molecule has 1 amide bonds. The van der Waals surface area contributed by atoms with Crippen molar-refractivity contribution in [3.05, 3.63) is 41.4 Å². The summed E-state index contributed by atoms with van der Waals surface area (Å²) in [6, 6.07) is 5.91. The second kappa shape index (κ2) is 6.02. The van der Waals surface area contributed by atoms with Crippen LogP contribution in [0.15, 0.2) is 28.9 Å². The molecule has 5 nitrogen and oxygen atoms in total. The number of aryl methyl sites for hydroxylation is 1. The van der Waals surface area contributed by atoms with Gasteiger partial charge in [-0.3, -0.25) is 9.36 Å². The average Bonchev–Trinajstić information content (AvgIpc) is 3.26. The van der Waals surface area contributed by atoms with E-state index < -0.39 is 0 Å². The first kappa shape index (κ1) is 16.7. The minimum atomic E-state index is -0.179. The highest BCUT2D eigenvalue weighted by Gasteiger charge is 2.50. The van der Waals surface area contributed by atoms with Gasteiger partial charge in [-0.05, 0) is 80.8 Å². The lowest BCUT2D eigenvalue weighted by Gasteiger charge is -2.56. The Hall–Kier alpha value is -2.48. The van der Waals surface area contributed by atoms with E-state index in [2.05, 4.69) is 11.4 Å². The molecule has 5 heteroatoms. The largest absolute Gasteiger partial charge is 0.443 e. The van der Waals surface area contributed by atoms with E-state index >= 15 is 0 Å². The maximum atomic E-state index is 13.0. The third-order valence-corrected chi connectivity index (χ3v) is 7.03. The second-order valence-electron chi connectivity index (χ2n) is 9.02. The number of carbonyl (C=O) groups is 1. The zero-order valence-electron chi connectivity index (χ0n) is 15.7. The van der Waals surface area contributed by atoms with Gasteiger partial charge in [0.15, 0.2) is 0 Å². The van der Waals surface area contributed by atoms with Gasteiger partial charge in [-0.25, -0.2) is 0 Å². The van der Waals surface area contributed by atoms with Crippen LogP contribution in [0.2, 0.25) is 0 Å². The smallest absolute Gasteiger partial charge is 0.256 e. The number of amides is 1. The third kappa shape index (κ3) is 2.70. The van der Waals surface area contributed by atoms with Gasteiger partial charge in [0.1, 0.15) is 23.0 Å². The summed E-state index contributed by atoms with van der Waals surface area (Å²) < 4.78 is 7.51. The van der Waals surface area contributed by atoms with E-state index in [1.807, 2.05) is 24.5 Å². The highest BCUT2D eigenvalue weighted by atomic mass is 16.4. The SMILES string of the molecule is Cc1oc(-n2cccc2)c(C#N)c1C(=O)NCC12CC3CC(CC(C3)C1)C2. The molecule has 27 heavy (non-hydrogen) atoms. The van der Waals surface area contributed by atoms with Crippen molar-refractivity contribution in [2.24, 2.45) is 23.2 Å². The summed E-state index contributed by atoms with van der Waals surface area (Å²) in [5, 5.41) is 12.8. The highest BCUT2D eigenvalue weighted by Crippen LogP contribution is 2.59. The zero-order chi connectivity index (χ0) is 18.6. The van der Waals surface area contributed by atoms with Crippen LogP contribution in [0.1, 0.15) is 60.2 Å². The lowest BCUT2D eigenvalue weighted by molar-refractivity contribution is -0.0503. The van der Waals surface area contributed by atoms with Crippen molar-refractivity contribution >= 4 is 5.91 Å². The van der Waals surface area contributed by atoms with Crippen molar-refractivity contribution in [1.82, 2.24) is 9.88 Å². The minimum Gasteiger partial charge on any atom is -0.443 e. The maximum absolute atomic E-state index is 13.0. The number of carbonyl (C=O) groups excluding carboxylic acids is 1. The van der Waals surface area contributed by atoms with Crippen LogP contribution in [-0.2, 0) is 0 Å². The minimum absolute atomic E-state index is 0.179. The molecule has 0 atom stereocenters. The van der Waals surface area contributed by atoms with Gasteiger partial charge in [0.2, 0.25) is 5.88 Å². The number of furan rings is 1. The predicted octanol–water partition coefficient (Wildman–Crippen LogP) is 4.20. The molecule has 6 rings (SSSR count). The van der Waals surface area contributed by atoms with Crippen molar-refractivity contribution in [2.45, 2.75) is 45.4 Å². The van der Waals surface area contributed by atoms with E-state index in [9.17, 15) is 10.1 Å². The maximum Gasteiger partial charge on any atom is 0.256 e. The average molecular weight is 363 g/mol. The molecule has 1 N–H and O–H groups in total. The molecule has 0 unspecified atom stereocenters. The van der Waals surface area contributed by atoms with E-state index in [0.717, 1.165) is 24.3 Å². The molecule has 0 aliphatic heterocycles. The van der Waals surface area contributed by atoms with Crippen LogP contribution in [0.3, 0.4) is 0 Å². The number of nitriles is 1. The van der Waals surface area contributed by atoms with E-state index in [4.69, 9.17) is 4.42 Å². The predicted molar refractivity (Wildman–Crippen MR) is 100 cm³/mol. The standard InChI is InChI=1S/C22H25N3O2/c1-14-19(18(12-23)21(27-14)25-4-2-3-5-25)20(26)24-13-22-9-15-6-16(10-22)8-17(7-15)11-22/h2-5,15-17H,6-11,13H2,1H3,(H,24,26). The van der Waals surface area contributed by atoms with Crippen LogP contribution in [-0.4, -0.2) is 17.0 Å². The Labute approximate surface area is 159 Å². The molecule has 0 saturated heterocycles. The summed E-state index contributed by atoms with van der Waals surface area (Å²) in [5.41, 5.74) is 0.968. The van der Waals surface area contributed by atoms with Crippen molar-refractivity contribution in [2.75, 3.05) is 6.54 Å². The van der Waals surface area contributed by atoms with Crippen molar-refractivity contribution < 1.29 is 9.21 Å². The molecule has 2 aromatic rings. The first-order valence-corrected chi connectivity index (χ1v) is 10.0. The Morgan fingerprint density at radius 3 is 2.37 bits per heavy atom. The fourth-order valence-corrected chi connectivity index (χ4v) is 6.42. The second-order valence-corrected chi connectivity index (χ2v) is 9.02. The highest BCUT2D eigenvalue weighted by molar-refractivity contribution is 5.98. The molecule has 2 heterocycles. The fourth-order valence-electron chi connectivity index (χ4n) is 6.42. The van der Waals surface area contributed by atoms with Crippen LogP contribution >= 0.6 is 0 Å².